The minimum absolute atomic E-state index is 0.0905. The number of rotatable bonds is 3. The average molecular weight is 366 g/mol. The number of hydrogen-bond acceptors (Lipinski definition) is 2. The molecule has 0 spiro atoms. The van der Waals surface area contributed by atoms with Crippen LogP contribution in [0.25, 0.3) is 0 Å². The second-order valence-corrected chi connectivity index (χ2v) is 5.65. The molecule has 0 unspecified atom stereocenters. The standard InChI is InChI=1S/C15H15IN2O/c1-18(2)14-5-3-4-13(10-14)17-15(19)11-6-8-12(16)9-7-11/h3-10H,1-2H3,(H,17,19). The third-order valence-electron chi connectivity index (χ3n) is 2.73. The minimum Gasteiger partial charge on any atom is -0.378 e. The number of halogens is 1. The van der Waals surface area contributed by atoms with Gasteiger partial charge in [-0.3, -0.25) is 4.79 Å². The Morgan fingerprint density at radius 1 is 1.11 bits per heavy atom. The van der Waals surface area contributed by atoms with Gasteiger partial charge in [0.05, 0.1) is 0 Å². The summed E-state index contributed by atoms with van der Waals surface area (Å²) in [4.78, 5) is 14.1. The highest BCUT2D eigenvalue weighted by Crippen LogP contribution is 2.18. The second-order valence-electron chi connectivity index (χ2n) is 4.41. The molecule has 0 aromatic heterocycles. The van der Waals surface area contributed by atoms with Crippen LogP contribution in [0, 0.1) is 3.57 Å². The van der Waals surface area contributed by atoms with Crippen LogP contribution in [0.15, 0.2) is 48.5 Å². The molecule has 98 valence electrons. The molecule has 1 N–H and O–H groups in total. The van der Waals surface area contributed by atoms with Gasteiger partial charge in [0.15, 0.2) is 0 Å². The Hall–Kier alpha value is -1.56. The van der Waals surface area contributed by atoms with Gasteiger partial charge in [-0.05, 0) is 65.1 Å². The van der Waals surface area contributed by atoms with Crippen molar-refractivity contribution in [3.63, 3.8) is 0 Å². The van der Waals surface area contributed by atoms with Gasteiger partial charge in [0.1, 0.15) is 0 Å². The molecule has 0 fully saturated rings. The van der Waals surface area contributed by atoms with Gasteiger partial charge >= 0.3 is 0 Å². The first-order valence-electron chi connectivity index (χ1n) is 5.90. The van der Waals surface area contributed by atoms with Gasteiger partial charge in [-0.15, -0.1) is 0 Å². The van der Waals surface area contributed by atoms with Crippen molar-refractivity contribution in [2.24, 2.45) is 0 Å². The summed E-state index contributed by atoms with van der Waals surface area (Å²) in [6, 6.07) is 15.3. The zero-order chi connectivity index (χ0) is 13.8. The fraction of sp³-hybridized carbons (Fsp3) is 0.133. The Morgan fingerprint density at radius 3 is 2.42 bits per heavy atom. The summed E-state index contributed by atoms with van der Waals surface area (Å²) < 4.78 is 1.11. The van der Waals surface area contributed by atoms with Crippen LogP contribution in [0.5, 0.6) is 0 Å². The monoisotopic (exact) mass is 366 g/mol. The molecule has 2 aromatic carbocycles. The van der Waals surface area contributed by atoms with E-state index < -0.39 is 0 Å². The largest absolute Gasteiger partial charge is 0.378 e. The lowest BCUT2D eigenvalue weighted by molar-refractivity contribution is 0.102. The lowest BCUT2D eigenvalue weighted by Crippen LogP contribution is -2.13. The van der Waals surface area contributed by atoms with Crippen molar-refractivity contribution in [2.45, 2.75) is 0 Å². The Balaban J connectivity index is 2.14. The fourth-order valence-corrected chi connectivity index (χ4v) is 2.03. The quantitative estimate of drug-likeness (QED) is 0.842. The molecule has 0 aliphatic rings. The van der Waals surface area contributed by atoms with Crippen molar-refractivity contribution in [2.75, 3.05) is 24.3 Å². The van der Waals surface area contributed by atoms with Crippen molar-refractivity contribution in [1.29, 1.82) is 0 Å². The van der Waals surface area contributed by atoms with Crippen LogP contribution in [0.2, 0.25) is 0 Å². The summed E-state index contributed by atoms with van der Waals surface area (Å²) in [7, 11) is 3.94. The molecule has 3 nitrogen and oxygen atoms in total. The summed E-state index contributed by atoms with van der Waals surface area (Å²) in [5, 5.41) is 2.90. The molecule has 2 aromatic rings. The summed E-state index contributed by atoms with van der Waals surface area (Å²) in [5.41, 5.74) is 2.52. The summed E-state index contributed by atoms with van der Waals surface area (Å²) in [6.45, 7) is 0. The van der Waals surface area contributed by atoms with Crippen LogP contribution < -0.4 is 10.2 Å². The van der Waals surface area contributed by atoms with Crippen LogP contribution >= 0.6 is 22.6 Å². The van der Waals surface area contributed by atoms with Gasteiger partial charge in [-0.2, -0.15) is 0 Å². The molecular formula is C15H15IN2O. The van der Waals surface area contributed by atoms with E-state index in [1.165, 1.54) is 0 Å². The average Bonchev–Trinajstić information content (AvgIpc) is 2.39. The zero-order valence-electron chi connectivity index (χ0n) is 10.9. The lowest BCUT2D eigenvalue weighted by atomic mass is 10.2. The van der Waals surface area contributed by atoms with Gasteiger partial charge in [-0.1, -0.05) is 6.07 Å². The zero-order valence-corrected chi connectivity index (χ0v) is 13.0. The van der Waals surface area contributed by atoms with Crippen LogP contribution in [-0.2, 0) is 0 Å². The van der Waals surface area contributed by atoms with E-state index in [0.29, 0.717) is 5.56 Å². The predicted molar refractivity (Wildman–Crippen MR) is 87.9 cm³/mol. The summed E-state index contributed by atoms with van der Waals surface area (Å²) >= 11 is 2.22. The molecule has 4 heteroatoms. The fourth-order valence-electron chi connectivity index (χ4n) is 1.67. The number of anilines is 2. The van der Waals surface area contributed by atoms with Gasteiger partial charge in [0.2, 0.25) is 0 Å². The molecule has 0 saturated carbocycles. The number of nitrogens with zero attached hydrogens (tertiary/aromatic N) is 1. The highest BCUT2D eigenvalue weighted by Gasteiger charge is 2.06. The van der Waals surface area contributed by atoms with E-state index in [2.05, 4.69) is 27.9 Å². The van der Waals surface area contributed by atoms with E-state index in [9.17, 15) is 4.79 Å². The van der Waals surface area contributed by atoms with Crippen molar-refractivity contribution < 1.29 is 4.79 Å². The first-order valence-corrected chi connectivity index (χ1v) is 6.98. The van der Waals surface area contributed by atoms with Gasteiger partial charge in [0, 0.05) is 34.6 Å². The van der Waals surface area contributed by atoms with E-state index >= 15 is 0 Å². The van der Waals surface area contributed by atoms with Gasteiger partial charge in [-0.25, -0.2) is 0 Å². The maximum atomic E-state index is 12.1. The number of hydrogen-bond donors (Lipinski definition) is 1. The van der Waals surface area contributed by atoms with E-state index in [-0.39, 0.29) is 5.91 Å². The number of nitrogens with one attached hydrogen (secondary N) is 1. The van der Waals surface area contributed by atoms with E-state index in [1.807, 2.05) is 67.5 Å². The molecule has 0 bridgehead atoms. The van der Waals surface area contributed by atoms with Crippen molar-refractivity contribution in [3.8, 4) is 0 Å². The first-order chi connectivity index (χ1) is 9.06. The maximum absolute atomic E-state index is 12.1. The Kier molecular flexibility index (Phi) is 4.42. The highest BCUT2D eigenvalue weighted by molar-refractivity contribution is 14.1. The Bertz CT molecular complexity index is 579. The Labute approximate surface area is 126 Å². The number of carbonyl (C=O) groups excluding carboxylic acids is 1. The SMILES string of the molecule is CN(C)c1cccc(NC(=O)c2ccc(I)cc2)c1. The van der Waals surface area contributed by atoms with Crippen LogP contribution in [0.3, 0.4) is 0 Å². The van der Waals surface area contributed by atoms with Gasteiger partial charge in [0.25, 0.3) is 5.91 Å². The second kappa shape index (κ2) is 6.06. The summed E-state index contributed by atoms with van der Waals surface area (Å²) in [6.07, 6.45) is 0. The van der Waals surface area contributed by atoms with E-state index in [4.69, 9.17) is 0 Å². The molecule has 19 heavy (non-hydrogen) atoms. The summed E-state index contributed by atoms with van der Waals surface area (Å²) in [5.74, 6) is -0.0905. The molecule has 0 atom stereocenters. The topological polar surface area (TPSA) is 32.3 Å². The third kappa shape index (κ3) is 3.70. The molecule has 0 heterocycles. The molecule has 2 rings (SSSR count). The minimum atomic E-state index is -0.0905. The van der Waals surface area contributed by atoms with Crippen molar-refractivity contribution in [1.82, 2.24) is 0 Å². The molecule has 0 aliphatic carbocycles. The molecular weight excluding hydrogens is 351 g/mol. The molecule has 1 amide bonds. The smallest absolute Gasteiger partial charge is 0.255 e. The molecule has 0 radical (unpaired) electrons. The van der Waals surface area contributed by atoms with Crippen molar-refractivity contribution in [3.05, 3.63) is 57.7 Å². The highest BCUT2D eigenvalue weighted by atomic mass is 127. The maximum Gasteiger partial charge on any atom is 0.255 e. The van der Waals surface area contributed by atoms with Crippen LogP contribution in [0.4, 0.5) is 11.4 Å². The van der Waals surface area contributed by atoms with Crippen molar-refractivity contribution >= 4 is 39.9 Å². The predicted octanol–water partition coefficient (Wildman–Crippen LogP) is 3.61. The van der Waals surface area contributed by atoms with Crippen LogP contribution in [0.1, 0.15) is 10.4 Å². The number of benzene rings is 2. The Morgan fingerprint density at radius 2 is 1.79 bits per heavy atom. The van der Waals surface area contributed by atoms with Gasteiger partial charge < -0.3 is 10.2 Å². The number of amides is 1. The normalized spacial score (nSPS) is 10.1. The number of carbonyl (C=O) groups is 1. The lowest BCUT2D eigenvalue weighted by Gasteiger charge is -2.14. The van der Waals surface area contributed by atoms with E-state index in [0.717, 1.165) is 14.9 Å². The third-order valence-corrected chi connectivity index (χ3v) is 3.45. The molecule has 0 saturated heterocycles. The van der Waals surface area contributed by atoms with Crippen LogP contribution in [-0.4, -0.2) is 20.0 Å². The first kappa shape index (κ1) is 13.9. The van der Waals surface area contributed by atoms with E-state index in [1.54, 1.807) is 0 Å². The molecule has 0 aliphatic heterocycles.